The molecule has 4 rings (SSSR count). The fourth-order valence-corrected chi connectivity index (χ4v) is 3.42. The van der Waals surface area contributed by atoms with E-state index in [2.05, 4.69) is 21.8 Å². The Bertz CT molecular complexity index is 1170. The van der Waals surface area contributed by atoms with Crippen molar-refractivity contribution in [2.24, 2.45) is 0 Å². The highest BCUT2D eigenvalue weighted by Crippen LogP contribution is 2.25. The van der Waals surface area contributed by atoms with E-state index in [1.165, 1.54) is 0 Å². The standard InChI is InChI=1S/C24H24N4O2/c1-3-15-28-22(27-21-9-6-14-25-23(21)28)17-7-5-8-18(16-17)24(29)26-19-10-12-20(13-11-19)30-4-2/h5-14,16H,3-4,15H2,1-2H3,(H,26,29). The fourth-order valence-electron chi connectivity index (χ4n) is 3.42. The zero-order valence-corrected chi connectivity index (χ0v) is 17.1. The van der Waals surface area contributed by atoms with Crippen LogP contribution in [0.15, 0.2) is 66.9 Å². The van der Waals surface area contributed by atoms with Gasteiger partial charge in [0.05, 0.1) is 6.61 Å². The Kier molecular flexibility index (Phi) is 5.75. The number of carbonyl (C=O) groups is 1. The Balaban J connectivity index is 1.62. The van der Waals surface area contributed by atoms with E-state index in [0.29, 0.717) is 12.2 Å². The number of aryl methyl sites for hydroxylation is 1. The maximum atomic E-state index is 12.8. The van der Waals surface area contributed by atoms with Gasteiger partial charge in [0.25, 0.3) is 5.91 Å². The SMILES string of the molecule is CCCn1c(-c2cccc(C(=O)Nc3ccc(OCC)cc3)c2)nc2cccnc21. The van der Waals surface area contributed by atoms with Crippen LogP contribution in [0.1, 0.15) is 30.6 Å². The van der Waals surface area contributed by atoms with Gasteiger partial charge in [0, 0.05) is 29.6 Å². The molecule has 0 fully saturated rings. The van der Waals surface area contributed by atoms with E-state index in [9.17, 15) is 4.79 Å². The van der Waals surface area contributed by atoms with Crippen LogP contribution in [-0.4, -0.2) is 27.0 Å². The van der Waals surface area contributed by atoms with Crippen molar-refractivity contribution in [1.29, 1.82) is 0 Å². The van der Waals surface area contributed by atoms with Crippen molar-refractivity contribution in [2.45, 2.75) is 26.8 Å². The first-order valence-corrected chi connectivity index (χ1v) is 10.2. The highest BCUT2D eigenvalue weighted by atomic mass is 16.5. The predicted octanol–water partition coefficient (Wildman–Crippen LogP) is 5.16. The number of benzene rings is 2. The fraction of sp³-hybridized carbons (Fsp3) is 0.208. The summed E-state index contributed by atoms with van der Waals surface area (Å²) in [5.74, 6) is 1.43. The molecule has 4 aromatic rings. The molecule has 0 saturated carbocycles. The summed E-state index contributed by atoms with van der Waals surface area (Å²) in [5, 5.41) is 2.94. The molecule has 2 aromatic heterocycles. The summed E-state index contributed by atoms with van der Waals surface area (Å²) in [5.41, 5.74) is 3.89. The van der Waals surface area contributed by atoms with E-state index in [4.69, 9.17) is 9.72 Å². The zero-order chi connectivity index (χ0) is 20.9. The van der Waals surface area contributed by atoms with Gasteiger partial charge in [-0.2, -0.15) is 0 Å². The van der Waals surface area contributed by atoms with Crippen LogP contribution in [0.3, 0.4) is 0 Å². The van der Waals surface area contributed by atoms with Crippen molar-refractivity contribution in [3.05, 3.63) is 72.4 Å². The average molecular weight is 400 g/mol. The maximum Gasteiger partial charge on any atom is 0.255 e. The largest absolute Gasteiger partial charge is 0.494 e. The number of nitrogens with zero attached hydrogens (tertiary/aromatic N) is 3. The quantitative estimate of drug-likeness (QED) is 0.465. The molecule has 0 saturated heterocycles. The first-order valence-electron chi connectivity index (χ1n) is 10.2. The Morgan fingerprint density at radius 3 is 2.67 bits per heavy atom. The third-order valence-electron chi connectivity index (χ3n) is 4.76. The van der Waals surface area contributed by atoms with E-state index in [0.717, 1.165) is 47.0 Å². The summed E-state index contributed by atoms with van der Waals surface area (Å²) in [6.45, 7) is 5.48. The van der Waals surface area contributed by atoms with Gasteiger partial charge < -0.3 is 14.6 Å². The minimum absolute atomic E-state index is 0.169. The lowest BCUT2D eigenvalue weighted by Crippen LogP contribution is -2.12. The van der Waals surface area contributed by atoms with Crippen molar-refractivity contribution in [2.75, 3.05) is 11.9 Å². The summed E-state index contributed by atoms with van der Waals surface area (Å²) in [6.07, 6.45) is 2.74. The van der Waals surface area contributed by atoms with Gasteiger partial charge in [-0.15, -0.1) is 0 Å². The first kappa shape index (κ1) is 19.6. The molecule has 0 unspecified atom stereocenters. The van der Waals surface area contributed by atoms with Crippen LogP contribution in [-0.2, 0) is 6.54 Å². The smallest absolute Gasteiger partial charge is 0.255 e. The van der Waals surface area contributed by atoms with Crippen LogP contribution in [0.2, 0.25) is 0 Å². The summed E-state index contributed by atoms with van der Waals surface area (Å²) < 4.78 is 7.55. The second-order valence-electron chi connectivity index (χ2n) is 6.93. The number of ether oxygens (including phenoxy) is 1. The summed E-state index contributed by atoms with van der Waals surface area (Å²) >= 11 is 0. The van der Waals surface area contributed by atoms with E-state index in [-0.39, 0.29) is 5.91 Å². The van der Waals surface area contributed by atoms with E-state index < -0.39 is 0 Å². The van der Waals surface area contributed by atoms with Gasteiger partial charge in [-0.3, -0.25) is 4.79 Å². The van der Waals surface area contributed by atoms with Crippen LogP contribution in [0.4, 0.5) is 5.69 Å². The molecule has 2 heterocycles. The minimum atomic E-state index is -0.169. The topological polar surface area (TPSA) is 69.0 Å². The maximum absolute atomic E-state index is 12.8. The molecule has 0 aliphatic rings. The number of imidazole rings is 1. The van der Waals surface area contributed by atoms with Gasteiger partial charge in [-0.1, -0.05) is 19.1 Å². The lowest BCUT2D eigenvalue weighted by atomic mass is 10.1. The van der Waals surface area contributed by atoms with Crippen molar-refractivity contribution < 1.29 is 9.53 Å². The monoisotopic (exact) mass is 400 g/mol. The van der Waals surface area contributed by atoms with E-state index >= 15 is 0 Å². The lowest BCUT2D eigenvalue weighted by Gasteiger charge is -2.10. The number of fused-ring (bicyclic) bond motifs is 1. The van der Waals surface area contributed by atoms with Crippen molar-refractivity contribution in [1.82, 2.24) is 14.5 Å². The molecule has 6 heteroatoms. The number of hydrogen-bond acceptors (Lipinski definition) is 4. The molecule has 0 aliphatic carbocycles. The number of aromatic nitrogens is 3. The normalized spacial score (nSPS) is 10.9. The van der Waals surface area contributed by atoms with E-state index in [1.807, 2.05) is 61.5 Å². The Morgan fingerprint density at radius 1 is 1.07 bits per heavy atom. The highest BCUT2D eigenvalue weighted by Gasteiger charge is 2.15. The van der Waals surface area contributed by atoms with Gasteiger partial charge >= 0.3 is 0 Å². The molecular formula is C24H24N4O2. The molecule has 0 aliphatic heterocycles. The molecule has 152 valence electrons. The van der Waals surface area contributed by atoms with Crippen LogP contribution < -0.4 is 10.1 Å². The van der Waals surface area contributed by atoms with Crippen LogP contribution in [0, 0.1) is 0 Å². The number of hydrogen-bond donors (Lipinski definition) is 1. The van der Waals surface area contributed by atoms with Gasteiger partial charge in [-0.05, 0) is 61.9 Å². The van der Waals surface area contributed by atoms with Crippen LogP contribution in [0.25, 0.3) is 22.6 Å². The molecule has 0 bridgehead atoms. The third-order valence-corrected chi connectivity index (χ3v) is 4.76. The molecule has 0 radical (unpaired) electrons. The van der Waals surface area contributed by atoms with Crippen LogP contribution in [0.5, 0.6) is 5.75 Å². The number of rotatable bonds is 7. The number of pyridine rings is 1. The molecule has 0 atom stereocenters. The van der Waals surface area contributed by atoms with Gasteiger partial charge in [0.1, 0.15) is 17.1 Å². The van der Waals surface area contributed by atoms with Crippen LogP contribution >= 0.6 is 0 Å². The molecule has 2 aromatic carbocycles. The molecular weight excluding hydrogens is 376 g/mol. The average Bonchev–Trinajstić information content (AvgIpc) is 3.14. The van der Waals surface area contributed by atoms with Crippen molar-refractivity contribution >= 4 is 22.8 Å². The Labute approximate surface area is 175 Å². The number of amides is 1. The van der Waals surface area contributed by atoms with E-state index in [1.54, 1.807) is 12.3 Å². The molecule has 1 amide bonds. The molecule has 0 spiro atoms. The minimum Gasteiger partial charge on any atom is -0.494 e. The molecule has 30 heavy (non-hydrogen) atoms. The molecule has 1 N–H and O–H groups in total. The number of anilines is 1. The Hall–Kier alpha value is -3.67. The second kappa shape index (κ2) is 8.78. The second-order valence-corrected chi connectivity index (χ2v) is 6.93. The zero-order valence-electron chi connectivity index (χ0n) is 17.1. The first-order chi connectivity index (χ1) is 14.7. The van der Waals surface area contributed by atoms with Gasteiger partial charge in [0.2, 0.25) is 0 Å². The summed E-state index contributed by atoms with van der Waals surface area (Å²) in [6, 6.07) is 18.7. The van der Waals surface area contributed by atoms with Gasteiger partial charge in [0.15, 0.2) is 5.65 Å². The Morgan fingerprint density at radius 2 is 1.90 bits per heavy atom. The van der Waals surface area contributed by atoms with Crippen molar-refractivity contribution in [3.63, 3.8) is 0 Å². The summed E-state index contributed by atoms with van der Waals surface area (Å²) in [7, 11) is 0. The molecule has 6 nitrogen and oxygen atoms in total. The predicted molar refractivity (Wildman–Crippen MR) is 119 cm³/mol. The summed E-state index contributed by atoms with van der Waals surface area (Å²) in [4.78, 5) is 22.1. The third kappa shape index (κ3) is 4.03. The number of nitrogens with one attached hydrogen (secondary N) is 1. The van der Waals surface area contributed by atoms with Gasteiger partial charge in [-0.25, -0.2) is 9.97 Å². The highest BCUT2D eigenvalue weighted by molar-refractivity contribution is 6.05. The lowest BCUT2D eigenvalue weighted by molar-refractivity contribution is 0.102. The van der Waals surface area contributed by atoms with Crippen molar-refractivity contribution in [3.8, 4) is 17.1 Å². The number of carbonyl (C=O) groups excluding carboxylic acids is 1.